The first kappa shape index (κ1) is 15.5. The molecule has 1 aromatic heterocycles. The first-order valence-corrected chi connectivity index (χ1v) is 8.55. The second-order valence-corrected chi connectivity index (χ2v) is 6.28. The summed E-state index contributed by atoms with van der Waals surface area (Å²) in [5.74, 6) is 0. The Labute approximate surface area is 139 Å². The molecule has 1 heterocycles. The highest BCUT2D eigenvalue weighted by Gasteiger charge is 2.09. The number of aryl methyl sites for hydroxylation is 1. The van der Waals surface area contributed by atoms with Gasteiger partial charge >= 0.3 is 6.03 Å². The lowest BCUT2D eigenvalue weighted by atomic mass is 10.1. The Hall–Kier alpha value is -2.40. The van der Waals surface area contributed by atoms with Crippen molar-refractivity contribution in [3.63, 3.8) is 0 Å². The predicted octanol–water partition coefficient (Wildman–Crippen LogP) is 4.22. The minimum atomic E-state index is -0.210. The van der Waals surface area contributed by atoms with E-state index in [0.29, 0.717) is 11.7 Å². The van der Waals surface area contributed by atoms with E-state index in [9.17, 15) is 4.79 Å². The van der Waals surface area contributed by atoms with E-state index in [1.54, 1.807) is 0 Å². The molecular weight excluding hydrogens is 306 g/mol. The molecule has 5 heteroatoms. The average molecular weight is 325 g/mol. The van der Waals surface area contributed by atoms with E-state index < -0.39 is 0 Å². The van der Waals surface area contributed by atoms with Gasteiger partial charge in [-0.05, 0) is 30.0 Å². The molecule has 118 valence electrons. The molecule has 23 heavy (non-hydrogen) atoms. The van der Waals surface area contributed by atoms with Crippen LogP contribution in [-0.4, -0.2) is 17.6 Å². The number of benzene rings is 2. The number of rotatable bonds is 5. The van der Waals surface area contributed by atoms with E-state index in [-0.39, 0.29) is 6.03 Å². The Morgan fingerprint density at radius 1 is 1.13 bits per heavy atom. The second-order valence-electron chi connectivity index (χ2n) is 5.25. The van der Waals surface area contributed by atoms with E-state index in [4.69, 9.17) is 0 Å². The van der Waals surface area contributed by atoms with Crippen LogP contribution in [0.3, 0.4) is 0 Å². The smallest absolute Gasteiger partial charge is 0.321 e. The van der Waals surface area contributed by atoms with Gasteiger partial charge in [-0.25, -0.2) is 9.78 Å². The molecule has 3 rings (SSSR count). The van der Waals surface area contributed by atoms with Gasteiger partial charge in [-0.1, -0.05) is 60.7 Å². The molecule has 0 bridgehead atoms. The van der Waals surface area contributed by atoms with Crippen molar-refractivity contribution in [2.24, 2.45) is 0 Å². The van der Waals surface area contributed by atoms with E-state index >= 15 is 0 Å². The number of thiazole rings is 1. The molecule has 3 aromatic rings. The molecule has 0 aliphatic heterocycles. The highest BCUT2D eigenvalue weighted by molar-refractivity contribution is 7.22. The number of hydrogen-bond acceptors (Lipinski definition) is 3. The lowest BCUT2D eigenvalue weighted by Crippen LogP contribution is -2.30. The molecule has 0 atom stereocenters. The number of hydrogen-bond donors (Lipinski definition) is 2. The fourth-order valence-electron chi connectivity index (χ4n) is 2.45. The van der Waals surface area contributed by atoms with Crippen molar-refractivity contribution < 1.29 is 4.79 Å². The number of urea groups is 1. The summed E-state index contributed by atoms with van der Waals surface area (Å²) in [6, 6.07) is 16.0. The molecular formula is C18H19N3OS. The third-order valence-corrected chi connectivity index (χ3v) is 4.58. The summed E-state index contributed by atoms with van der Waals surface area (Å²) < 4.78 is 1.10. The van der Waals surface area contributed by atoms with E-state index in [2.05, 4.69) is 40.7 Å². The van der Waals surface area contributed by atoms with Crippen LogP contribution >= 0.6 is 11.3 Å². The fourth-order valence-corrected chi connectivity index (χ4v) is 3.36. The van der Waals surface area contributed by atoms with Crippen LogP contribution in [0.2, 0.25) is 0 Å². The number of anilines is 1. The Morgan fingerprint density at radius 3 is 2.74 bits per heavy atom. The zero-order chi connectivity index (χ0) is 16.1. The Kier molecular flexibility index (Phi) is 4.88. The second kappa shape index (κ2) is 7.24. The normalized spacial score (nSPS) is 10.7. The monoisotopic (exact) mass is 325 g/mol. The Morgan fingerprint density at radius 2 is 1.96 bits per heavy atom. The van der Waals surface area contributed by atoms with Crippen LogP contribution in [0.4, 0.5) is 9.93 Å². The highest BCUT2D eigenvalue weighted by atomic mass is 32.1. The first-order valence-electron chi connectivity index (χ1n) is 7.73. The van der Waals surface area contributed by atoms with Gasteiger partial charge in [0, 0.05) is 6.54 Å². The summed E-state index contributed by atoms with van der Waals surface area (Å²) in [5, 5.41) is 6.33. The van der Waals surface area contributed by atoms with E-state index in [1.165, 1.54) is 22.5 Å². The summed E-state index contributed by atoms with van der Waals surface area (Å²) >= 11 is 1.50. The van der Waals surface area contributed by atoms with Crippen LogP contribution in [0.5, 0.6) is 0 Å². The van der Waals surface area contributed by atoms with Crippen LogP contribution in [0, 0.1) is 0 Å². The minimum Gasteiger partial charge on any atom is -0.337 e. The van der Waals surface area contributed by atoms with Gasteiger partial charge < -0.3 is 5.32 Å². The van der Waals surface area contributed by atoms with Gasteiger partial charge in [-0.3, -0.25) is 5.32 Å². The van der Waals surface area contributed by atoms with Crippen molar-refractivity contribution in [3.8, 4) is 0 Å². The number of carbonyl (C=O) groups excluding carboxylic acids is 1. The van der Waals surface area contributed by atoms with Crippen LogP contribution in [0.25, 0.3) is 10.2 Å². The number of amides is 2. The maximum absolute atomic E-state index is 12.0. The van der Waals surface area contributed by atoms with Crippen molar-refractivity contribution in [3.05, 3.63) is 59.7 Å². The Balaban J connectivity index is 1.57. The van der Waals surface area contributed by atoms with Crippen LogP contribution in [0.1, 0.15) is 18.1 Å². The van der Waals surface area contributed by atoms with Crippen molar-refractivity contribution in [2.75, 3.05) is 11.9 Å². The molecule has 2 amide bonds. The molecule has 4 nitrogen and oxygen atoms in total. The van der Waals surface area contributed by atoms with Crippen molar-refractivity contribution in [1.29, 1.82) is 0 Å². The number of fused-ring (bicyclic) bond motifs is 1. The molecule has 0 aliphatic rings. The summed E-state index contributed by atoms with van der Waals surface area (Å²) in [5.41, 5.74) is 3.40. The number of nitrogens with one attached hydrogen (secondary N) is 2. The number of aromatic nitrogens is 1. The van der Waals surface area contributed by atoms with Gasteiger partial charge in [0.25, 0.3) is 0 Å². The molecule has 0 saturated carbocycles. The zero-order valence-corrected chi connectivity index (χ0v) is 13.8. The largest absolute Gasteiger partial charge is 0.337 e. The maximum atomic E-state index is 12.0. The van der Waals surface area contributed by atoms with Gasteiger partial charge in [0.2, 0.25) is 0 Å². The van der Waals surface area contributed by atoms with Crippen molar-refractivity contribution >= 4 is 32.7 Å². The minimum absolute atomic E-state index is 0.210. The molecule has 0 aliphatic carbocycles. The van der Waals surface area contributed by atoms with Crippen molar-refractivity contribution in [1.82, 2.24) is 10.3 Å². The number of para-hydroxylation sites is 1. The molecule has 2 N–H and O–H groups in total. The van der Waals surface area contributed by atoms with Crippen LogP contribution < -0.4 is 10.6 Å². The average Bonchev–Trinajstić information content (AvgIpc) is 2.98. The topological polar surface area (TPSA) is 54.0 Å². The molecule has 0 radical (unpaired) electrons. The van der Waals surface area contributed by atoms with Crippen molar-refractivity contribution in [2.45, 2.75) is 19.8 Å². The summed E-state index contributed by atoms with van der Waals surface area (Å²) in [7, 11) is 0. The molecule has 0 unspecified atom stereocenters. The third-order valence-electron chi connectivity index (χ3n) is 3.65. The quantitative estimate of drug-likeness (QED) is 0.738. The van der Waals surface area contributed by atoms with Crippen LogP contribution in [0.15, 0.2) is 48.5 Å². The van der Waals surface area contributed by atoms with Gasteiger partial charge in [0.15, 0.2) is 5.13 Å². The zero-order valence-electron chi connectivity index (χ0n) is 13.0. The van der Waals surface area contributed by atoms with Gasteiger partial charge in [0.1, 0.15) is 0 Å². The Bertz CT molecular complexity index is 798. The predicted molar refractivity (Wildman–Crippen MR) is 96.2 cm³/mol. The number of nitrogens with zero attached hydrogens (tertiary/aromatic N) is 1. The number of carbonyl (C=O) groups is 1. The van der Waals surface area contributed by atoms with E-state index in [1.807, 2.05) is 30.3 Å². The fraction of sp³-hybridized carbons (Fsp3) is 0.222. The highest BCUT2D eigenvalue weighted by Crippen LogP contribution is 2.28. The summed E-state index contributed by atoms with van der Waals surface area (Å²) in [6.07, 6.45) is 1.75. The molecule has 2 aromatic carbocycles. The molecule has 0 fully saturated rings. The molecule has 0 spiro atoms. The molecule has 0 saturated heterocycles. The maximum Gasteiger partial charge on any atom is 0.321 e. The third kappa shape index (κ3) is 3.87. The first-order chi connectivity index (χ1) is 11.3. The van der Waals surface area contributed by atoms with Gasteiger partial charge in [-0.2, -0.15) is 0 Å². The van der Waals surface area contributed by atoms with Gasteiger partial charge in [0.05, 0.1) is 10.2 Å². The standard InChI is InChI=1S/C18H19N3OS/c1-2-14-9-6-10-15-16(14)20-18(23-15)21-17(22)19-12-11-13-7-4-3-5-8-13/h3-10H,2,11-12H2,1H3,(H2,19,20,21,22). The summed E-state index contributed by atoms with van der Waals surface area (Å²) in [6.45, 7) is 2.71. The lowest BCUT2D eigenvalue weighted by Gasteiger charge is -2.05. The lowest BCUT2D eigenvalue weighted by molar-refractivity contribution is 0.252. The summed E-state index contributed by atoms with van der Waals surface area (Å²) in [4.78, 5) is 16.5. The van der Waals surface area contributed by atoms with E-state index in [0.717, 1.165) is 23.1 Å². The van der Waals surface area contributed by atoms with Gasteiger partial charge in [-0.15, -0.1) is 0 Å². The SMILES string of the molecule is CCc1cccc2sc(NC(=O)NCCc3ccccc3)nc12. The van der Waals surface area contributed by atoms with Crippen LogP contribution in [-0.2, 0) is 12.8 Å².